The van der Waals surface area contributed by atoms with E-state index in [1.54, 1.807) is 10.6 Å². The predicted molar refractivity (Wildman–Crippen MR) is 132 cm³/mol. The highest BCUT2D eigenvalue weighted by Crippen LogP contribution is 2.34. The lowest BCUT2D eigenvalue weighted by Crippen LogP contribution is -2.30. The van der Waals surface area contributed by atoms with Crippen molar-refractivity contribution < 1.29 is 4.74 Å². The highest BCUT2D eigenvalue weighted by Gasteiger charge is 2.22. The van der Waals surface area contributed by atoms with Gasteiger partial charge in [-0.15, -0.1) is 0 Å². The fourth-order valence-electron chi connectivity index (χ4n) is 4.53. The number of hydrogen-bond donors (Lipinski definition) is 2. The minimum absolute atomic E-state index is 0.0603. The van der Waals surface area contributed by atoms with Gasteiger partial charge in [0, 0.05) is 17.3 Å². The van der Waals surface area contributed by atoms with Gasteiger partial charge in [0.2, 0.25) is 0 Å². The molecule has 3 heterocycles. The summed E-state index contributed by atoms with van der Waals surface area (Å²) in [6.45, 7) is 3.72. The number of hydrogen-bond acceptors (Lipinski definition) is 5. The van der Waals surface area contributed by atoms with Gasteiger partial charge in [-0.25, -0.2) is 0 Å². The van der Waals surface area contributed by atoms with Crippen molar-refractivity contribution in [3.05, 3.63) is 86.8 Å². The summed E-state index contributed by atoms with van der Waals surface area (Å²) < 4.78 is 8.01. The molecule has 7 heteroatoms. The van der Waals surface area contributed by atoms with E-state index in [1.165, 1.54) is 0 Å². The first-order valence-corrected chi connectivity index (χ1v) is 11.7. The maximum absolute atomic E-state index is 12.5. The summed E-state index contributed by atoms with van der Waals surface area (Å²) in [6.07, 6.45) is 4.11. The first-order chi connectivity index (χ1) is 16.1. The van der Waals surface area contributed by atoms with Gasteiger partial charge in [-0.1, -0.05) is 23.7 Å². The zero-order valence-electron chi connectivity index (χ0n) is 18.4. The molecule has 0 atom stereocenters. The molecule has 0 saturated carbocycles. The van der Waals surface area contributed by atoms with Crippen molar-refractivity contribution in [2.45, 2.75) is 25.9 Å². The highest BCUT2D eigenvalue weighted by molar-refractivity contribution is 6.30. The van der Waals surface area contributed by atoms with E-state index in [4.69, 9.17) is 22.1 Å². The van der Waals surface area contributed by atoms with Gasteiger partial charge >= 0.3 is 0 Å². The van der Waals surface area contributed by atoms with Crippen LogP contribution in [0.3, 0.4) is 0 Å². The molecule has 0 spiro atoms. The van der Waals surface area contributed by atoms with Crippen LogP contribution in [0.15, 0.2) is 64.5 Å². The molecule has 2 aliphatic rings. The maximum Gasteiger partial charge on any atom is 0.250 e. The Balaban J connectivity index is 1.46. The molecule has 0 radical (unpaired) electrons. The van der Waals surface area contributed by atoms with E-state index in [9.17, 15) is 4.79 Å². The van der Waals surface area contributed by atoms with Gasteiger partial charge in [-0.05, 0) is 84.4 Å². The van der Waals surface area contributed by atoms with Crippen LogP contribution in [-0.2, 0) is 13.1 Å². The molecule has 6 nitrogen and oxygen atoms in total. The largest absolute Gasteiger partial charge is 0.492 e. The monoisotopic (exact) mass is 462 g/mol. The topological polar surface area (TPSA) is 81.6 Å². The summed E-state index contributed by atoms with van der Waals surface area (Å²) in [5.41, 5.74) is 11.0. The molecular weight excluding hydrogens is 436 g/mol. The van der Waals surface area contributed by atoms with Crippen LogP contribution >= 0.6 is 11.6 Å². The smallest absolute Gasteiger partial charge is 0.250 e. The summed E-state index contributed by atoms with van der Waals surface area (Å²) in [7, 11) is 0. The van der Waals surface area contributed by atoms with E-state index in [1.807, 2.05) is 42.6 Å². The van der Waals surface area contributed by atoms with Crippen LogP contribution in [0.25, 0.3) is 11.1 Å². The summed E-state index contributed by atoms with van der Waals surface area (Å²) >= 11 is 6.12. The molecule has 5 rings (SSSR count). The van der Waals surface area contributed by atoms with Crippen molar-refractivity contribution in [1.29, 1.82) is 0 Å². The SMILES string of the molecule is NC1=NCc2cc(-c3ccc(=O)n(Cc4cccc(Cl)c4)c3)cc(OCC3CCNCC3)c21. The van der Waals surface area contributed by atoms with Gasteiger partial charge in [-0.2, -0.15) is 0 Å². The zero-order chi connectivity index (χ0) is 22.8. The number of nitrogens with two attached hydrogens (primary N) is 1. The Morgan fingerprint density at radius 2 is 1.97 bits per heavy atom. The number of fused-ring (bicyclic) bond motifs is 1. The number of rotatable bonds is 6. The third-order valence-corrected chi connectivity index (χ3v) is 6.59. The third-order valence-electron chi connectivity index (χ3n) is 6.35. The summed E-state index contributed by atoms with van der Waals surface area (Å²) in [6, 6.07) is 15.1. The third kappa shape index (κ3) is 4.82. The van der Waals surface area contributed by atoms with Crippen LogP contribution in [0.4, 0.5) is 0 Å². The van der Waals surface area contributed by atoms with Gasteiger partial charge in [0.05, 0.1) is 25.3 Å². The van der Waals surface area contributed by atoms with Crippen LogP contribution in [-0.4, -0.2) is 30.1 Å². The van der Waals surface area contributed by atoms with Crippen LogP contribution < -0.4 is 21.3 Å². The molecular formula is C26H27ClN4O2. The van der Waals surface area contributed by atoms with Crippen molar-refractivity contribution in [2.75, 3.05) is 19.7 Å². The van der Waals surface area contributed by atoms with Crippen LogP contribution in [0.5, 0.6) is 5.75 Å². The summed E-state index contributed by atoms with van der Waals surface area (Å²) in [4.78, 5) is 17.0. The summed E-state index contributed by atoms with van der Waals surface area (Å²) in [5.74, 6) is 1.83. The Morgan fingerprint density at radius 1 is 1.12 bits per heavy atom. The Kier molecular flexibility index (Phi) is 6.20. The van der Waals surface area contributed by atoms with E-state index < -0.39 is 0 Å². The normalized spacial score (nSPS) is 15.8. The highest BCUT2D eigenvalue weighted by atomic mass is 35.5. The van der Waals surface area contributed by atoms with Crippen molar-refractivity contribution in [3.63, 3.8) is 0 Å². The van der Waals surface area contributed by atoms with Gasteiger partial charge in [-0.3, -0.25) is 9.79 Å². The van der Waals surface area contributed by atoms with E-state index in [0.29, 0.717) is 36.5 Å². The summed E-state index contributed by atoms with van der Waals surface area (Å²) in [5, 5.41) is 4.05. The molecule has 1 aromatic heterocycles. The molecule has 33 heavy (non-hydrogen) atoms. The molecule has 0 bridgehead atoms. The lowest BCUT2D eigenvalue weighted by molar-refractivity contribution is 0.215. The maximum atomic E-state index is 12.5. The standard InChI is InChI=1S/C26H27ClN4O2/c27-22-3-1-2-18(10-22)14-31-15-19(4-5-24(31)32)20-11-21-13-30-26(28)25(21)23(12-20)33-16-17-6-8-29-9-7-17/h1-5,10-12,15,17,29H,6-9,13-14,16H2,(H2,28,30). The number of ether oxygens (including phenoxy) is 1. The molecule has 0 aliphatic carbocycles. The molecule has 1 fully saturated rings. The zero-order valence-corrected chi connectivity index (χ0v) is 19.1. The van der Waals surface area contributed by atoms with E-state index in [-0.39, 0.29) is 5.56 Å². The van der Waals surface area contributed by atoms with Gasteiger partial charge in [0.1, 0.15) is 11.6 Å². The number of benzene rings is 2. The van der Waals surface area contributed by atoms with Crippen LogP contribution in [0, 0.1) is 5.92 Å². The Labute approximate surface area is 198 Å². The van der Waals surface area contributed by atoms with Crippen LogP contribution in [0.1, 0.15) is 29.5 Å². The lowest BCUT2D eigenvalue weighted by atomic mass is 9.98. The molecule has 1 saturated heterocycles. The minimum Gasteiger partial charge on any atom is -0.492 e. The number of pyridine rings is 1. The quantitative estimate of drug-likeness (QED) is 0.583. The number of halogens is 1. The van der Waals surface area contributed by atoms with Gasteiger partial charge in [0.25, 0.3) is 5.56 Å². The first-order valence-electron chi connectivity index (χ1n) is 11.3. The lowest BCUT2D eigenvalue weighted by Gasteiger charge is -2.23. The average Bonchev–Trinajstić information content (AvgIpc) is 3.20. The van der Waals surface area contributed by atoms with E-state index in [0.717, 1.165) is 59.5 Å². The molecule has 2 aromatic carbocycles. The number of nitrogens with one attached hydrogen (secondary N) is 1. The second kappa shape index (κ2) is 9.41. The fraction of sp³-hybridized carbons (Fsp3) is 0.308. The predicted octanol–water partition coefficient (Wildman–Crippen LogP) is 3.81. The van der Waals surface area contributed by atoms with Crippen LogP contribution in [0.2, 0.25) is 5.02 Å². The first kappa shape index (κ1) is 21.7. The molecule has 170 valence electrons. The Hall–Kier alpha value is -3.09. The number of piperidine rings is 1. The minimum atomic E-state index is -0.0603. The molecule has 0 amide bonds. The number of amidine groups is 1. The molecule has 3 N–H and O–H groups in total. The molecule has 0 unspecified atom stereocenters. The number of aromatic nitrogens is 1. The van der Waals surface area contributed by atoms with Crippen molar-refractivity contribution in [2.24, 2.45) is 16.6 Å². The van der Waals surface area contributed by atoms with E-state index in [2.05, 4.69) is 16.4 Å². The Bertz CT molecular complexity index is 1260. The second-order valence-corrected chi connectivity index (χ2v) is 9.16. The van der Waals surface area contributed by atoms with E-state index >= 15 is 0 Å². The second-order valence-electron chi connectivity index (χ2n) is 8.73. The number of nitrogens with zero attached hydrogens (tertiary/aromatic N) is 2. The van der Waals surface area contributed by atoms with Crippen molar-refractivity contribution in [3.8, 4) is 16.9 Å². The fourth-order valence-corrected chi connectivity index (χ4v) is 4.75. The van der Waals surface area contributed by atoms with Gasteiger partial charge < -0.3 is 20.4 Å². The number of aliphatic imine (C=N–C) groups is 1. The molecule has 3 aromatic rings. The van der Waals surface area contributed by atoms with Gasteiger partial charge in [0.15, 0.2) is 0 Å². The van der Waals surface area contributed by atoms with Crippen molar-refractivity contribution in [1.82, 2.24) is 9.88 Å². The van der Waals surface area contributed by atoms with Crippen molar-refractivity contribution >= 4 is 17.4 Å². The molecule has 2 aliphatic heterocycles. The Morgan fingerprint density at radius 3 is 2.79 bits per heavy atom. The average molecular weight is 463 g/mol.